The van der Waals surface area contributed by atoms with Gasteiger partial charge in [-0.3, -0.25) is 0 Å². The van der Waals surface area contributed by atoms with E-state index in [1.807, 2.05) is 24.3 Å². The van der Waals surface area contributed by atoms with Gasteiger partial charge in [-0.05, 0) is 33.6 Å². The molecule has 2 aliphatic heterocycles. The van der Waals surface area contributed by atoms with Crippen molar-refractivity contribution in [3.05, 3.63) is 44.9 Å². The molecule has 0 bridgehead atoms. The van der Waals surface area contributed by atoms with Crippen molar-refractivity contribution >= 4 is 33.2 Å². The van der Waals surface area contributed by atoms with Gasteiger partial charge < -0.3 is 23.8 Å². The van der Waals surface area contributed by atoms with E-state index in [0.29, 0.717) is 40.9 Å². The van der Waals surface area contributed by atoms with Crippen molar-refractivity contribution in [2.75, 3.05) is 21.0 Å². The fraction of sp³-hybridized carbons (Fsp3) is 0.316. The van der Waals surface area contributed by atoms with Gasteiger partial charge in [-0.2, -0.15) is 0 Å². The molecule has 8 heteroatoms. The van der Waals surface area contributed by atoms with E-state index in [1.165, 1.54) is 0 Å². The summed E-state index contributed by atoms with van der Waals surface area (Å²) in [7, 11) is 3.17. The molecule has 2 heterocycles. The number of methoxy groups -OCH3 is 2. The van der Waals surface area contributed by atoms with E-state index in [9.17, 15) is 0 Å². The van der Waals surface area contributed by atoms with Crippen LogP contribution in [0, 0.1) is 0 Å². The first kappa shape index (κ1) is 18.3. The van der Waals surface area contributed by atoms with Crippen molar-refractivity contribution in [3.8, 4) is 23.0 Å². The zero-order chi connectivity index (χ0) is 19.0. The highest BCUT2D eigenvalue weighted by Crippen LogP contribution is 2.54. The van der Waals surface area contributed by atoms with E-state index >= 15 is 0 Å². The van der Waals surface area contributed by atoms with Gasteiger partial charge in [-0.25, -0.2) is 0 Å². The summed E-state index contributed by atoms with van der Waals surface area (Å²) >= 11 is 9.57. The van der Waals surface area contributed by atoms with E-state index in [1.54, 1.807) is 14.2 Å². The molecule has 0 aromatic heterocycles. The Hall–Kier alpha value is -2.12. The Bertz CT molecular complexity index is 900. The molecule has 0 spiro atoms. The molecule has 4 rings (SSSR count). The molecule has 0 unspecified atom stereocenters. The maximum Gasteiger partial charge on any atom is 0.231 e. The van der Waals surface area contributed by atoms with Crippen LogP contribution in [-0.2, 0) is 11.3 Å². The molecular weight excluding hydrogens is 438 g/mol. The highest BCUT2D eigenvalue weighted by molar-refractivity contribution is 9.10. The van der Waals surface area contributed by atoms with E-state index in [0.717, 1.165) is 21.3 Å². The van der Waals surface area contributed by atoms with Crippen molar-refractivity contribution < 1.29 is 23.8 Å². The molecule has 1 atom stereocenters. The van der Waals surface area contributed by atoms with Crippen LogP contribution in [0.1, 0.15) is 17.5 Å². The standard InChI is InChI=1S/C19H17BrClNO5/c1-23-16-13(15(20)17-19(18(16)24-2)26-9-25-17)7-12-8-14(22-27-12)10-3-5-11(21)6-4-10/h3-6,12H,7-9H2,1-2H3/t12-/m0/s1. The van der Waals surface area contributed by atoms with Crippen LogP contribution < -0.4 is 18.9 Å². The molecule has 0 fully saturated rings. The zero-order valence-corrected chi connectivity index (χ0v) is 17.1. The number of halogens is 2. The van der Waals surface area contributed by atoms with Gasteiger partial charge in [-0.1, -0.05) is 28.9 Å². The lowest BCUT2D eigenvalue weighted by Crippen LogP contribution is -2.13. The lowest BCUT2D eigenvalue weighted by Gasteiger charge is -2.18. The lowest BCUT2D eigenvalue weighted by atomic mass is 9.99. The van der Waals surface area contributed by atoms with Gasteiger partial charge in [0, 0.05) is 23.4 Å². The molecule has 2 aliphatic rings. The van der Waals surface area contributed by atoms with E-state index in [4.69, 9.17) is 35.4 Å². The van der Waals surface area contributed by atoms with Crippen molar-refractivity contribution in [3.63, 3.8) is 0 Å². The Kier molecular flexibility index (Phi) is 5.06. The Morgan fingerprint density at radius 1 is 1.11 bits per heavy atom. The molecule has 2 aromatic rings. The molecule has 2 aromatic carbocycles. The van der Waals surface area contributed by atoms with Crippen molar-refractivity contribution in [2.24, 2.45) is 5.16 Å². The molecule has 142 valence electrons. The third kappa shape index (κ3) is 3.30. The minimum Gasteiger partial charge on any atom is -0.492 e. The second kappa shape index (κ2) is 7.48. The van der Waals surface area contributed by atoms with Crippen molar-refractivity contribution in [1.29, 1.82) is 0 Å². The Morgan fingerprint density at radius 3 is 2.52 bits per heavy atom. The Balaban J connectivity index is 1.60. The maximum atomic E-state index is 5.96. The summed E-state index contributed by atoms with van der Waals surface area (Å²) in [5.41, 5.74) is 2.77. The average molecular weight is 455 g/mol. The van der Waals surface area contributed by atoms with Gasteiger partial charge in [0.1, 0.15) is 6.10 Å². The van der Waals surface area contributed by atoms with E-state index < -0.39 is 0 Å². The van der Waals surface area contributed by atoms with Crippen LogP contribution >= 0.6 is 27.5 Å². The first-order valence-electron chi connectivity index (χ1n) is 8.33. The molecular formula is C19H17BrClNO5. The molecule has 0 amide bonds. The van der Waals surface area contributed by atoms with E-state index in [2.05, 4.69) is 21.1 Å². The van der Waals surface area contributed by atoms with Crippen LogP contribution in [0.5, 0.6) is 23.0 Å². The number of benzene rings is 2. The molecule has 0 saturated heterocycles. The van der Waals surface area contributed by atoms with Crippen molar-refractivity contribution in [1.82, 2.24) is 0 Å². The normalized spacial score (nSPS) is 17.5. The second-order valence-corrected chi connectivity index (χ2v) is 7.33. The van der Waals surface area contributed by atoms with Gasteiger partial charge >= 0.3 is 0 Å². The zero-order valence-electron chi connectivity index (χ0n) is 14.8. The number of nitrogens with zero attached hydrogens (tertiary/aromatic N) is 1. The quantitative estimate of drug-likeness (QED) is 0.662. The van der Waals surface area contributed by atoms with Crippen molar-refractivity contribution in [2.45, 2.75) is 18.9 Å². The van der Waals surface area contributed by atoms with Gasteiger partial charge in [0.2, 0.25) is 18.3 Å². The van der Waals surface area contributed by atoms with Crippen LogP contribution in [0.3, 0.4) is 0 Å². The first-order valence-corrected chi connectivity index (χ1v) is 9.50. The fourth-order valence-electron chi connectivity index (χ4n) is 3.25. The van der Waals surface area contributed by atoms with Crippen LogP contribution in [0.15, 0.2) is 33.9 Å². The van der Waals surface area contributed by atoms with E-state index in [-0.39, 0.29) is 12.9 Å². The number of oxime groups is 1. The summed E-state index contributed by atoms with van der Waals surface area (Å²) in [6, 6.07) is 7.56. The summed E-state index contributed by atoms with van der Waals surface area (Å²) < 4.78 is 23.0. The predicted molar refractivity (Wildman–Crippen MR) is 105 cm³/mol. The fourth-order valence-corrected chi connectivity index (χ4v) is 4.01. The summed E-state index contributed by atoms with van der Waals surface area (Å²) in [4.78, 5) is 5.67. The van der Waals surface area contributed by atoms with Gasteiger partial charge in [0.05, 0.1) is 24.4 Å². The average Bonchev–Trinajstić information content (AvgIpc) is 3.34. The monoisotopic (exact) mass is 453 g/mol. The summed E-state index contributed by atoms with van der Waals surface area (Å²) in [5, 5.41) is 4.93. The van der Waals surface area contributed by atoms with Gasteiger partial charge in [0.25, 0.3) is 0 Å². The minimum atomic E-state index is -0.133. The topological polar surface area (TPSA) is 58.5 Å². The SMILES string of the molecule is COc1c(C[C@H]2CC(c3ccc(Cl)cc3)=NO2)c(Br)c2c(c1OC)OCO2. The number of hydrogen-bond acceptors (Lipinski definition) is 6. The molecule has 0 N–H and O–H groups in total. The van der Waals surface area contributed by atoms with Gasteiger partial charge in [0.15, 0.2) is 11.5 Å². The molecule has 0 aliphatic carbocycles. The second-order valence-electron chi connectivity index (χ2n) is 6.10. The van der Waals surface area contributed by atoms with Crippen LogP contribution in [-0.4, -0.2) is 32.8 Å². The molecule has 0 radical (unpaired) electrons. The smallest absolute Gasteiger partial charge is 0.231 e. The number of ether oxygens (including phenoxy) is 4. The number of fused-ring (bicyclic) bond motifs is 1. The third-order valence-corrected chi connectivity index (χ3v) is 5.60. The molecule has 6 nitrogen and oxygen atoms in total. The lowest BCUT2D eigenvalue weighted by molar-refractivity contribution is 0.0852. The molecule has 27 heavy (non-hydrogen) atoms. The highest BCUT2D eigenvalue weighted by atomic mass is 79.9. The Labute approximate surface area is 170 Å². The highest BCUT2D eigenvalue weighted by Gasteiger charge is 2.33. The van der Waals surface area contributed by atoms with Crippen LogP contribution in [0.2, 0.25) is 5.02 Å². The largest absolute Gasteiger partial charge is 0.492 e. The number of rotatable bonds is 5. The predicted octanol–water partition coefficient (Wildman–Crippen LogP) is 4.58. The molecule has 0 saturated carbocycles. The van der Waals surface area contributed by atoms with Gasteiger partial charge in [-0.15, -0.1) is 0 Å². The van der Waals surface area contributed by atoms with Crippen LogP contribution in [0.25, 0.3) is 0 Å². The summed E-state index contributed by atoms with van der Waals surface area (Å²) in [6.07, 6.45) is 1.11. The minimum absolute atomic E-state index is 0.133. The third-order valence-electron chi connectivity index (χ3n) is 4.51. The van der Waals surface area contributed by atoms with Crippen LogP contribution in [0.4, 0.5) is 0 Å². The maximum absolute atomic E-state index is 5.96. The summed E-state index contributed by atoms with van der Waals surface area (Å²) in [6.45, 7) is 0.140. The first-order chi connectivity index (χ1) is 13.1. The number of hydrogen-bond donors (Lipinski definition) is 0. The Morgan fingerprint density at radius 2 is 1.81 bits per heavy atom. The summed E-state index contributed by atoms with van der Waals surface area (Å²) in [5.74, 6) is 2.26.